The van der Waals surface area contributed by atoms with Crippen LogP contribution in [0.15, 0.2) is 30.9 Å². The van der Waals surface area contributed by atoms with Crippen molar-refractivity contribution < 1.29 is 4.74 Å². The number of rotatable bonds is 4. The SMILES string of the molecule is COCC(C)(C)n1cncc1-c1ccnc(N)c1. The number of aromatic nitrogens is 3. The van der Waals surface area contributed by atoms with E-state index in [2.05, 4.69) is 28.4 Å². The number of nitrogen functional groups attached to an aromatic ring is 1. The second-order valence-corrected chi connectivity index (χ2v) is 4.86. The Kier molecular flexibility index (Phi) is 3.34. The van der Waals surface area contributed by atoms with Gasteiger partial charge < -0.3 is 15.0 Å². The Hall–Kier alpha value is -1.88. The maximum absolute atomic E-state index is 5.72. The number of methoxy groups -OCH3 is 1. The number of nitrogens with zero attached hydrogens (tertiary/aromatic N) is 3. The Morgan fingerprint density at radius 2 is 2.22 bits per heavy atom. The van der Waals surface area contributed by atoms with Gasteiger partial charge in [0.25, 0.3) is 0 Å². The molecule has 2 rings (SSSR count). The Labute approximate surface area is 107 Å². The third-order valence-corrected chi connectivity index (χ3v) is 2.87. The minimum absolute atomic E-state index is 0.168. The molecule has 0 unspecified atom stereocenters. The maximum atomic E-state index is 5.72. The molecule has 0 amide bonds. The van der Waals surface area contributed by atoms with Gasteiger partial charge in [-0.25, -0.2) is 9.97 Å². The average molecular weight is 246 g/mol. The fraction of sp³-hybridized carbons (Fsp3) is 0.385. The molecule has 0 saturated heterocycles. The van der Waals surface area contributed by atoms with Crippen LogP contribution in [0.25, 0.3) is 11.3 Å². The lowest BCUT2D eigenvalue weighted by atomic mass is 10.1. The van der Waals surface area contributed by atoms with Crippen molar-refractivity contribution in [2.45, 2.75) is 19.4 Å². The molecule has 0 fully saturated rings. The summed E-state index contributed by atoms with van der Waals surface area (Å²) in [6, 6.07) is 3.77. The molecule has 5 nitrogen and oxygen atoms in total. The Morgan fingerprint density at radius 1 is 1.44 bits per heavy atom. The Bertz CT molecular complexity index is 533. The van der Waals surface area contributed by atoms with Gasteiger partial charge in [-0.15, -0.1) is 0 Å². The van der Waals surface area contributed by atoms with E-state index in [0.29, 0.717) is 12.4 Å². The quantitative estimate of drug-likeness (QED) is 0.895. The van der Waals surface area contributed by atoms with Gasteiger partial charge in [0.1, 0.15) is 5.82 Å². The smallest absolute Gasteiger partial charge is 0.123 e. The van der Waals surface area contributed by atoms with Gasteiger partial charge in [-0.3, -0.25) is 0 Å². The van der Waals surface area contributed by atoms with Gasteiger partial charge in [0.05, 0.1) is 30.4 Å². The van der Waals surface area contributed by atoms with Crippen LogP contribution in [0.2, 0.25) is 0 Å². The molecule has 2 aromatic heterocycles. The van der Waals surface area contributed by atoms with E-state index < -0.39 is 0 Å². The first kappa shape index (κ1) is 12.6. The molecule has 18 heavy (non-hydrogen) atoms. The third-order valence-electron chi connectivity index (χ3n) is 2.87. The lowest BCUT2D eigenvalue weighted by Crippen LogP contribution is -2.31. The van der Waals surface area contributed by atoms with Crippen molar-refractivity contribution in [1.82, 2.24) is 14.5 Å². The number of nitrogens with two attached hydrogens (primary N) is 1. The zero-order valence-corrected chi connectivity index (χ0v) is 10.9. The van der Waals surface area contributed by atoms with Gasteiger partial charge >= 0.3 is 0 Å². The van der Waals surface area contributed by atoms with E-state index in [4.69, 9.17) is 10.5 Å². The lowest BCUT2D eigenvalue weighted by molar-refractivity contribution is 0.110. The number of anilines is 1. The van der Waals surface area contributed by atoms with E-state index in [9.17, 15) is 0 Å². The van der Waals surface area contributed by atoms with Crippen LogP contribution in [-0.2, 0) is 10.3 Å². The van der Waals surface area contributed by atoms with Crippen LogP contribution < -0.4 is 5.73 Å². The Balaban J connectivity index is 2.45. The molecule has 2 aromatic rings. The van der Waals surface area contributed by atoms with Crippen molar-refractivity contribution >= 4 is 5.82 Å². The number of hydrogen-bond donors (Lipinski definition) is 1. The third kappa shape index (κ3) is 2.36. The molecular weight excluding hydrogens is 228 g/mol. The molecule has 2 N–H and O–H groups in total. The van der Waals surface area contributed by atoms with Crippen LogP contribution in [0.5, 0.6) is 0 Å². The summed E-state index contributed by atoms with van der Waals surface area (Å²) < 4.78 is 7.35. The fourth-order valence-electron chi connectivity index (χ4n) is 2.02. The van der Waals surface area contributed by atoms with Crippen LogP contribution in [0.3, 0.4) is 0 Å². The van der Waals surface area contributed by atoms with Gasteiger partial charge in [0.2, 0.25) is 0 Å². The fourth-order valence-corrected chi connectivity index (χ4v) is 2.02. The monoisotopic (exact) mass is 246 g/mol. The normalized spacial score (nSPS) is 11.7. The minimum Gasteiger partial charge on any atom is -0.384 e. The number of ether oxygens (including phenoxy) is 1. The van der Waals surface area contributed by atoms with E-state index >= 15 is 0 Å². The highest BCUT2D eigenvalue weighted by molar-refractivity contribution is 5.62. The highest BCUT2D eigenvalue weighted by Crippen LogP contribution is 2.26. The summed E-state index contributed by atoms with van der Waals surface area (Å²) in [5.74, 6) is 0.504. The largest absolute Gasteiger partial charge is 0.384 e. The van der Waals surface area contributed by atoms with Crippen molar-refractivity contribution in [1.29, 1.82) is 0 Å². The highest BCUT2D eigenvalue weighted by atomic mass is 16.5. The second kappa shape index (κ2) is 4.78. The number of imidazole rings is 1. The summed E-state index contributed by atoms with van der Waals surface area (Å²) in [5.41, 5.74) is 7.56. The summed E-state index contributed by atoms with van der Waals surface area (Å²) in [5, 5.41) is 0. The molecule has 2 heterocycles. The van der Waals surface area contributed by atoms with Crippen LogP contribution >= 0.6 is 0 Å². The van der Waals surface area contributed by atoms with Crippen LogP contribution in [0.4, 0.5) is 5.82 Å². The van der Waals surface area contributed by atoms with E-state index in [1.165, 1.54) is 0 Å². The summed E-state index contributed by atoms with van der Waals surface area (Å²) in [4.78, 5) is 8.22. The molecule has 0 spiro atoms. The standard InChI is InChI=1S/C13H18N4O/c1-13(2,8-18-3)17-9-15-7-11(17)10-4-5-16-12(14)6-10/h4-7,9H,8H2,1-3H3,(H2,14,16). The van der Waals surface area contributed by atoms with Crippen LogP contribution in [0.1, 0.15) is 13.8 Å². The number of hydrogen-bond acceptors (Lipinski definition) is 4. The second-order valence-electron chi connectivity index (χ2n) is 4.86. The first-order valence-electron chi connectivity index (χ1n) is 5.78. The zero-order valence-electron chi connectivity index (χ0n) is 10.9. The first-order valence-corrected chi connectivity index (χ1v) is 5.78. The maximum Gasteiger partial charge on any atom is 0.123 e. The van der Waals surface area contributed by atoms with E-state index in [1.54, 1.807) is 13.3 Å². The van der Waals surface area contributed by atoms with Crippen molar-refractivity contribution in [2.24, 2.45) is 0 Å². The molecule has 0 radical (unpaired) electrons. The topological polar surface area (TPSA) is 66.0 Å². The Morgan fingerprint density at radius 3 is 2.89 bits per heavy atom. The summed E-state index contributed by atoms with van der Waals surface area (Å²) in [7, 11) is 1.70. The van der Waals surface area contributed by atoms with Crippen LogP contribution in [0, 0.1) is 0 Å². The van der Waals surface area contributed by atoms with Crippen LogP contribution in [-0.4, -0.2) is 28.3 Å². The van der Waals surface area contributed by atoms with E-state index in [0.717, 1.165) is 11.3 Å². The summed E-state index contributed by atoms with van der Waals surface area (Å²) in [6.07, 6.45) is 5.34. The molecule has 0 aromatic carbocycles. The average Bonchev–Trinajstić information content (AvgIpc) is 2.78. The van der Waals surface area contributed by atoms with Crippen molar-refractivity contribution in [3.05, 3.63) is 30.9 Å². The van der Waals surface area contributed by atoms with Gasteiger partial charge in [-0.05, 0) is 26.0 Å². The summed E-state index contributed by atoms with van der Waals surface area (Å²) >= 11 is 0. The molecule has 0 saturated carbocycles. The van der Waals surface area contributed by atoms with Crippen molar-refractivity contribution in [3.63, 3.8) is 0 Å². The number of pyridine rings is 1. The molecule has 0 bridgehead atoms. The van der Waals surface area contributed by atoms with E-state index in [-0.39, 0.29) is 5.54 Å². The van der Waals surface area contributed by atoms with Gasteiger partial charge in [0.15, 0.2) is 0 Å². The molecule has 5 heteroatoms. The molecule has 0 aliphatic heterocycles. The molecule has 0 aliphatic rings. The predicted octanol–water partition coefficient (Wildman–Crippen LogP) is 1.91. The van der Waals surface area contributed by atoms with Crippen molar-refractivity contribution in [2.75, 3.05) is 19.5 Å². The minimum atomic E-state index is -0.168. The lowest BCUT2D eigenvalue weighted by Gasteiger charge is -2.27. The molecular formula is C13H18N4O. The van der Waals surface area contributed by atoms with Gasteiger partial charge in [-0.2, -0.15) is 0 Å². The molecule has 0 aliphatic carbocycles. The highest BCUT2D eigenvalue weighted by Gasteiger charge is 2.23. The molecule has 0 atom stereocenters. The van der Waals surface area contributed by atoms with E-state index in [1.807, 2.05) is 24.7 Å². The predicted molar refractivity (Wildman–Crippen MR) is 71.1 cm³/mol. The first-order chi connectivity index (χ1) is 8.54. The summed E-state index contributed by atoms with van der Waals surface area (Å²) in [6.45, 7) is 4.81. The van der Waals surface area contributed by atoms with Crippen molar-refractivity contribution in [3.8, 4) is 11.3 Å². The zero-order chi connectivity index (χ0) is 13.2. The molecule has 96 valence electrons. The van der Waals surface area contributed by atoms with Gasteiger partial charge in [-0.1, -0.05) is 0 Å². The van der Waals surface area contributed by atoms with Gasteiger partial charge in [0, 0.05) is 18.9 Å².